The van der Waals surface area contributed by atoms with Crippen LogP contribution in [-0.2, 0) is 11.3 Å². The second-order valence-electron chi connectivity index (χ2n) is 5.94. The first-order valence-corrected chi connectivity index (χ1v) is 10.1. The van der Waals surface area contributed by atoms with Crippen LogP contribution in [-0.4, -0.2) is 33.8 Å². The molecule has 0 radical (unpaired) electrons. The number of nitrogens with zero attached hydrogens (tertiary/aromatic N) is 3. The van der Waals surface area contributed by atoms with Crippen molar-refractivity contribution in [3.05, 3.63) is 65.5 Å². The van der Waals surface area contributed by atoms with E-state index in [0.717, 1.165) is 11.1 Å². The Balaban J connectivity index is 1.53. The number of hydrogen-bond donors (Lipinski definition) is 1. The quantitative estimate of drug-likeness (QED) is 0.591. The van der Waals surface area contributed by atoms with E-state index in [2.05, 4.69) is 15.5 Å². The van der Waals surface area contributed by atoms with Crippen molar-refractivity contribution >= 4 is 39.8 Å². The smallest absolute Gasteiger partial charge is 0.233 e. The Bertz CT molecular complexity index is 931. The molecule has 1 N–H and O–H groups in total. The predicted molar refractivity (Wildman–Crippen MR) is 108 cm³/mol. The van der Waals surface area contributed by atoms with Gasteiger partial charge in [-0.2, -0.15) is 0 Å². The molecule has 140 valence electrons. The number of thioether (sulfide) groups is 1. The molecule has 1 aromatic heterocycles. The third kappa shape index (κ3) is 5.27. The predicted octanol–water partition coefficient (Wildman–Crippen LogP) is 4.48. The van der Waals surface area contributed by atoms with Gasteiger partial charge in [-0.25, -0.2) is 4.39 Å². The number of anilines is 2. The summed E-state index contributed by atoms with van der Waals surface area (Å²) in [6, 6.07) is 14.4. The lowest BCUT2D eigenvalue weighted by atomic mass is 10.1. The van der Waals surface area contributed by atoms with Gasteiger partial charge in [-0.1, -0.05) is 59.5 Å². The average molecular weight is 403 g/mol. The van der Waals surface area contributed by atoms with Gasteiger partial charge in [0.1, 0.15) is 5.82 Å². The van der Waals surface area contributed by atoms with Crippen LogP contribution in [0.15, 0.2) is 52.9 Å². The highest BCUT2D eigenvalue weighted by Crippen LogP contribution is 2.28. The Labute approximate surface area is 165 Å². The lowest BCUT2D eigenvalue weighted by Gasteiger charge is -2.18. The third-order valence-electron chi connectivity index (χ3n) is 3.94. The minimum Gasteiger partial charge on any atom is -0.341 e. The van der Waals surface area contributed by atoms with E-state index in [4.69, 9.17) is 0 Å². The monoisotopic (exact) mass is 402 g/mol. The van der Waals surface area contributed by atoms with Crippen molar-refractivity contribution in [2.45, 2.75) is 17.8 Å². The molecule has 0 aliphatic carbocycles. The molecule has 2 aromatic carbocycles. The molecule has 3 rings (SSSR count). The molecule has 0 fully saturated rings. The molecule has 0 unspecified atom stereocenters. The van der Waals surface area contributed by atoms with Gasteiger partial charge in [0.15, 0.2) is 4.34 Å². The molecule has 0 aliphatic rings. The molecule has 3 aromatic rings. The number of rotatable bonds is 7. The average Bonchev–Trinajstić information content (AvgIpc) is 3.11. The molecule has 0 atom stereocenters. The van der Waals surface area contributed by atoms with Gasteiger partial charge in [0.2, 0.25) is 11.0 Å². The zero-order valence-corrected chi connectivity index (χ0v) is 16.6. The summed E-state index contributed by atoms with van der Waals surface area (Å²) in [5.74, 6) is -0.0616. The van der Waals surface area contributed by atoms with Crippen molar-refractivity contribution in [3.8, 4) is 0 Å². The number of aromatic nitrogens is 2. The summed E-state index contributed by atoms with van der Waals surface area (Å²) >= 11 is 2.62. The maximum atomic E-state index is 13.7. The fraction of sp³-hybridized carbons (Fsp3) is 0.211. The molecule has 0 saturated heterocycles. The van der Waals surface area contributed by atoms with Gasteiger partial charge < -0.3 is 10.2 Å². The Morgan fingerprint density at radius 2 is 1.93 bits per heavy atom. The standard InChI is InChI=1S/C19H19FN4OS2/c1-13-7-3-4-8-14(13)11-24(2)17(25)12-26-19-23-22-18(27-19)21-16-10-6-5-9-15(16)20/h3-10H,11-12H2,1-2H3,(H,21,22). The summed E-state index contributed by atoms with van der Waals surface area (Å²) in [5, 5.41) is 11.4. The van der Waals surface area contributed by atoms with E-state index >= 15 is 0 Å². The first-order valence-electron chi connectivity index (χ1n) is 8.29. The zero-order valence-electron chi connectivity index (χ0n) is 15.0. The van der Waals surface area contributed by atoms with Crippen LogP contribution in [0.2, 0.25) is 0 Å². The number of benzene rings is 2. The van der Waals surface area contributed by atoms with E-state index in [0.29, 0.717) is 21.7 Å². The van der Waals surface area contributed by atoms with Gasteiger partial charge in [0.25, 0.3) is 0 Å². The van der Waals surface area contributed by atoms with Crippen LogP contribution < -0.4 is 5.32 Å². The highest BCUT2D eigenvalue weighted by Gasteiger charge is 2.13. The zero-order chi connectivity index (χ0) is 19.2. The van der Waals surface area contributed by atoms with Crippen LogP contribution in [0.4, 0.5) is 15.2 Å². The summed E-state index contributed by atoms with van der Waals surface area (Å²) in [4.78, 5) is 14.1. The normalized spacial score (nSPS) is 10.6. The number of hydrogen-bond acceptors (Lipinski definition) is 6. The Hall–Kier alpha value is -2.45. The van der Waals surface area contributed by atoms with Gasteiger partial charge in [-0.15, -0.1) is 10.2 Å². The number of aryl methyl sites for hydroxylation is 1. The molecule has 0 saturated carbocycles. The molecule has 5 nitrogen and oxygen atoms in total. The Morgan fingerprint density at radius 3 is 2.70 bits per heavy atom. The number of carbonyl (C=O) groups is 1. The summed E-state index contributed by atoms with van der Waals surface area (Å²) in [6.07, 6.45) is 0. The molecule has 0 spiro atoms. The molecule has 0 aliphatic heterocycles. The van der Waals surface area contributed by atoms with Crippen molar-refractivity contribution in [3.63, 3.8) is 0 Å². The van der Waals surface area contributed by atoms with Crippen LogP contribution in [0.5, 0.6) is 0 Å². The van der Waals surface area contributed by atoms with Crippen molar-refractivity contribution in [1.82, 2.24) is 15.1 Å². The van der Waals surface area contributed by atoms with E-state index in [9.17, 15) is 9.18 Å². The minimum absolute atomic E-state index is 0.0158. The van der Waals surface area contributed by atoms with E-state index < -0.39 is 0 Å². The maximum Gasteiger partial charge on any atom is 0.233 e. The van der Waals surface area contributed by atoms with Crippen molar-refractivity contribution < 1.29 is 9.18 Å². The first-order chi connectivity index (χ1) is 13.0. The molecule has 1 amide bonds. The van der Waals surface area contributed by atoms with Gasteiger partial charge in [0, 0.05) is 13.6 Å². The van der Waals surface area contributed by atoms with E-state index in [1.165, 1.54) is 29.2 Å². The fourth-order valence-electron chi connectivity index (χ4n) is 2.36. The number of halogens is 1. The van der Waals surface area contributed by atoms with Gasteiger partial charge >= 0.3 is 0 Å². The fourth-order valence-corrected chi connectivity index (χ4v) is 4.07. The Morgan fingerprint density at radius 1 is 1.19 bits per heavy atom. The SMILES string of the molecule is Cc1ccccc1CN(C)C(=O)CSc1nnc(Nc2ccccc2F)s1. The van der Waals surface area contributed by atoms with Crippen molar-refractivity contribution in [2.24, 2.45) is 0 Å². The van der Waals surface area contributed by atoms with Gasteiger partial charge in [-0.05, 0) is 30.2 Å². The van der Waals surface area contributed by atoms with Crippen LogP contribution in [0, 0.1) is 12.7 Å². The van der Waals surface area contributed by atoms with Crippen molar-refractivity contribution in [1.29, 1.82) is 0 Å². The Kier molecular flexibility index (Phi) is 6.41. The number of amides is 1. The molecule has 27 heavy (non-hydrogen) atoms. The van der Waals surface area contributed by atoms with Crippen molar-refractivity contribution in [2.75, 3.05) is 18.1 Å². The topological polar surface area (TPSA) is 58.1 Å². The van der Waals surface area contributed by atoms with Crippen LogP contribution in [0.1, 0.15) is 11.1 Å². The highest BCUT2D eigenvalue weighted by molar-refractivity contribution is 8.01. The maximum absolute atomic E-state index is 13.7. The molecule has 1 heterocycles. The van der Waals surface area contributed by atoms with E-state index in [1.807, 2.05) is 31.2 Å². The second kappa shape index (κ2) is 8.96. The van der Waals surface area contributed by atoms with E-state index in [-0.39, 0.29) is 17.5 Å². The summed E-state index contributed by atoms with van der Waals surface area (Å²) in [6.45, 7) is 2.61. The first kappa shape index (κ1) is 19.3. The molecule has 8 heteroatoms. The van der Waals surface area contributed by atoms with Crippen LogP contribution in [0.25, 0.3) is 0 Å². The molecule has 0 bridgehead atoms. The minimum atomic E-state index is -0.352. The lowest BCUT2D eigenvalue weighted by Crippen LogP contribution is -2.28. The number of para-hydroxylation sites is 1. The summed E-state index contributed by atoms with van der Waals surface area (Å²) in [7, 11) is 1.79. The largest absolute Gasteiger partial charge is 0.341 e. The summed E-state index contributed by atoms with van der Waals surface area (Å²) in [5.41, 5.74) is 2.64. The molecular formula is C19H19FN4OS2. The lowest BCUT2D eigenvalue weighted by molar-refractivity contribution is -0.127. The highest BCUT2D eigenvalue weighted by atomic mass is 32.2. The van der Waals surface area contributed by atoms with Gasteiger partial charge in [0.05, 0.1) is 11.4 Å². The van der Waals surface area contributed by atoms with Crippen LogP contribution >= 0.6 is 23.1 Å². The van der Waals surface area contributed by atoms with Crippen LogP contribution in [0.3, 0.4) is 0 Å². The number of carbonyl (C=O) groups excluding carboxylic acids is 1. The summed E-state index contributed by atoms with van der Waals surface area (Å²) < 4.78 is 14.3. The number of nitrogens with one attached hydrogen (secondary N) is 1. The van der Waals surface area contributed by atoms with E-state index in [1.54, 1.807) is 30.1 Å². The second-order valence-corrected chi connectivity index (χ2v) is 8.14. The van der Waals surface area contributed by atoms with Gasteiger partial charge in [-0.3, -0.25) is 4.79 Å². The third-order valence-corrected chi connectivity index (χ3v) is 5.89. The molecular weight excluding hydrogens is 383 g/mol.